The predicted molar refractivity (Wildman–Crippen MR) is 53.0 cm³/mol. The molecule has 1 aromatic carbocycles. The quantitative estimate of drug-likeness (QED) is 0.757. The second-order valence-corrected chi connectivity index (χ2v) is 4.66. The van der Waals surface area contributed by atoms with Gasteiger partial charge in [-0.15, -0.1) is 0 Å². The summed E-state index contributed by atoms with van der Waals surface area (Å²) >= 11 is 0. The number of aliphatic hydroxyl groups excluding tert-OH is 1. The number of nitrogens with one attached hydrogen (secondary N) is 1. The maximum Gasteiger partial charge on any atom is 0.245 e. The standard InChI is InChI=1S/C9H12FNO3S/c1-2-9(12)11-15(13,14)8-6-4-3-5-7(8)10/h3-6,9,11-12H,2H2,1H3/t9-/m0/s1. The van der Waals surface area contributed by atoms with Crippen LogP contribution in [-0.4, -0.2) is 19.8 Å². The Balaban J connectivity index is 3.02. The van der Waals surface area contributed by atoms with Gasteiger partial charge in [0.25, 0.3) is 0 Å². The molecule has 0 saturated heterocycles. The van der Waals surface area contributed by atoms with Crippen molar-refractivity contribution in [1.29, 1.82) is 0 Å². The highest BCUT2D eigenvalue weighted by atomic mass is 32.2. The largest absolute Gasteiger partial charge is 0.378 e. The minimum absolute atomic E-state index is 0.216. The molecule has 15 heavy (non-hydrogen) atoms. The van der Waals surface area contributed by atoms with Gasteiger partial charge in [0.2, 0.25) is 10.0 Å². The van der Waals surface area contributed by atoms with Gasteiger partial charge in [-0.05, 0) is 18.6 Å². The number of sulfonamides is 1. The normalized spacial score (nSPS) is 13.8. The van der Waals surface area contributed by atoms with E-state index in [1.807, 2.05) is 4.72 Å². The fraction of sp³-hybridized carbons (Fsp3) is 0.333. The van der Waals surface area contributed by atoms with Crippen LogP contribution in [0.1, 0.15) is 13.3 Å². The Morgan fingerprint density at radius 3 is 2.60 bits per heavy atom. The van der Waals surface area contributed by atoms with Crippen LogP contribution in [0.3, 0.4) is 0 Å². The first-order valence-electron chi connectivity index (χ1n) is 4.42. The van der Waals surface area contributed by atoms with Gasteiger partial charge in [0.05, 0.1) is 0 Å². The van der Waals surface area contributed by atoms with Crippen molar-refractivity contribution in [1.82, 2.24) is 4.72 Å². The Bertz CT molecular complexity index is 433. The molecule has 84 valence electrons. The Morgan fingerprint density at radius 2 is 2.07 bits per heavy atom. The van der Waals surface area contributed by atoms with E-state index in [0.29, 0.717) is 0 Å². The highest BCUT2D eigenvalue weighted by Crippen LogP contribution is 2.13. The highest BCUT2D eigenvalue weighted by molar-refractivity contribution is 7.89. The van der Waals surface area contributed by atoms with E-state index in [4.69, 9.17) is 5.11 Å². The molecule has 0 unspecified atom stereocenters. The number of aliphatic hydroxyl groups is 1. The SMILES string of the molecule is CC[C@H](O)NS(=O)(=O)c1ccccc1F. The van der Waals surface area contributed by atoms with Gasteiger partial charge in [0.1, 0.15) is 16.9 Å². The van der Waals surface area contributed by atoms with E-state index < -0.39 is 27.0 Å². The zero-order valence-electron chi connectivity index (χ0n) is 8.14. The third-order valence-corrected chi connectivity index (χ3v) is 3.30. The molecule has 0 aliphatic heterocycles. The second-order valence-electron chi connectivity index (χ2n) is 2.98. The zero-order valence-corrected chi connectivity index (χ0v) is 8.96. The lowest BCUT2D eigenvalue weighted by Crippen LogP contribution is -2.34. The van der Waals surface area contributed by atoms with Crippen molar-refractivity contribution >= 4 is 10.0 Å². The fourth-order valence-electron chi connectivity index (χ4n) is 0.989. The number of benzene rings is 1. The van der Waals surface area contributed by atoms with Gasteiger partial charge in [-0.1, -0.05) is 19.1 Å². The lowest BCUT2D eigenvalue weighted by Gasteiger charge is -2.11. The highest BCUT2D eigenvalue weighted by Gasteiger charge is 2.20. The van der Waals surface area contributed by atoms with Crippen molar-refractivity contribution in [3.05, 3.63) is 30.1 Å². The summed E-state index contributed by atoms with van der Waals surface area (Å²) in [6.07, 6.45) is -0.983. The third kappa shape index (κ3) is 2.98. The van der Waals surface area contributed by atoms with Gasteiger partial charge >= 0.3 is 0 Å². The van der Waals surface area contributed by atoms with Crippen LogP contribution in [0.4, 0.5) is 4.39 Å². The van der Waals surface area contributed by atoms with Crippen molar-refractivity contribution in [2.24, 2.45) is 0 Å². The van der Waals surface area contributed by atoms with Crippen LogP contribution in [0.25, 0.3) is 0 Å². The lowest BCUT2D eigenvalue weighted by molar-refractivity contribution is 0.159. The predicted octanol–water partition coefficient (Wildman–Crippen LogP) is 0.832. The van der Waals surface area contributed by atoms with Gasteiger partial charge in [-0.25, -0.2) is 12.8 Å². The Hall–Kier alpha value is -0.980. The Kier molecular flexibility index (Phi) is 3.78. The van der Waals surface area contributed by atoms with Crippen molar-refractivity contribution in [3.63, 3.8) is 0 Å². The molecule has 0 aromatic heterocycles. The molecule has 0 saturated carbocycles. The van der Waals surface area contributed by atoms with E-state index in [0.717, 1.165) is 12.1 Å². The number of hydrogen-bond acceptors (Lipinski definition) is 3. The van der Waals surface area contributed by atoms with E-state index >= 15 is 0 Å². The van der Waals surface area contributed by atoms with E-state index in [9.17, 15) is 12.8 Å². The molecule has 1 aromatic rings. The van der Waals surface area contributed by atoms with Gasteiger partial charge in [-0.2, -0.15) is 4.72 Å². The van der Waals surface area contributed by atoms with E-state index in [1.54, 1.807) is 6.92 Å². The molecule has 0 bridgehead atoms. The molecule has 0 fully saturated rings. The minimum atomic E-state index is -3.98. The van der Waals surface area contributed by atoms with Crippen LogP contribution in [-0.2, 0) is 10.0 Å². The summed E-state index contributed by atoms with van der Waals surface area (Å²) in [5, 5.41) is 9.13. The molecule has 0 spiro atoms. The summed E-state index contributed by atoms with van der Waals surface area (Å²) in [5.74, 6) is -0.840. The summed E-state index contributed by atoms with van der Waals surface area (Å²) < 4.78 is 38.1. The van der Waals surface area contributed by atoms with Crippen molar-refractivity contribution in [3.8, 4) is 0 Å². The topological polar surface area (TPSA) is 66.4 Å². The Labute approximate surface area is 87.8 Å². The summed E-state index contributed by atoms with van der Waals surface area (Å²) in [5.41, 5.74) is 0. The summed E-state index contributed by atoms with van der Waals surface area (Å²) in [7, 11) is -3.98. The summed E-state index contributed by atoms with van der Waals surface area (Å²) in [4.78, 5) is -0.461. The molecule has 0 heterocycles. The molecule has 4 nitrogen and oxygen atoms in total. The summed E-state index contributed by atoms with van der Waals surface area (Å²) in [6, 6.07) is 4.99. The van der Waals surface area contributed by atoms with Crippen LogP contribution in [0, 0.1) is 5.82 Å². The first-order valence-corrected chi connectivity index (χ1v) is 5.90. The van der Waals surface area contributed by atoms with Gasteiger partial charge in [0.15, 0.2) is 0 Å². The van der Waals surface area contributed by atoms with Crippen LogP contribution in [0.2, 0.25) is 0 Å². The molecule has 0 aliphatic rings. The third-order valence-electron chi connectivity index (χ3n) is 1.80. The van der Waals surface area contributed by atoms with Crippen molar-refractivity contribution in [2.75, 3.05) is 0 Å². The maximum atomic E-state index is 13.1. The fourth-order valence-corrected chi connectivity index (χ4v) is 2.22. The van der Waals surface area contributed by atoms with Crippen LogP contribution >= 0.6 is 0 Å². The second kappa shape index (κ2) is 4.69. The minimum Gasteiger partial charge on any atom is -0.378 e. The number of halogens is 1. The smallest absolute Gasteiger partial charge is 0.245 e. The number of rotatable bonds is 4. The van der Waals surface area contributed by atoms with Gasteiger partial charge < -0.3 is 5.11 Å². The Morgan fingerprint density at radius 1 is 1.47 bits per heavy atom. The molecule has 0 radical (unpaired) electrons. The number of hydrogen-bond donors (Lipinski definition) is 2. The average Bonchev–Trinajstić information content (AvgIpc) is 2.17. The van der Waals surface area contributed by atoms with Crippen LogP contribution in [0.15, 0.2) is 29.2 Å². The zero-order chi connectivity index (χ0) is 11.5. The average molecular weight is 233 g/mol. The lowest BCUT2D eigenvalue weighted by atomic mass is 10.4. The van der Waals surface area contributed by atoms with E-state index in [-0.39, 0.29) is 6.42 Å². The van der Waals surface area contributed by atoms with Crippen molar-refractivity contribution in [2.45, 2.75) is 24.5 Å². The van der Waals surface area contributed by atoms with Crippen molar-refractivity contribution < 1.29 is 17.9 Å². The van der Waals surface area contributed by atoms with Crippen LogP contribution in [0.5, 0.6) is 0 Å². The van der Waals surface area contributed by atoms with Gasteiger partial charge in [0, 0.05) is 0 Å². The summed E-state index contributed by atoms with van der Waals surface area (Å²) in [6.45, 7) is 1.61. The molecular weight excluding hydrogens is 221 g/mol. The molecule has 0 amide bonds. The first-order chi connectivity index (χ1) is 6.97. The van der Waals surface area contributed by atoms with E-state index in [1.165, 1.54) is 12.1 Å². The molecule has 1 atom stereocenters. The van der Waals surface area contributed by atoms with Crippen LogP contribution < -0.4 is 4.72 Å². The molecule has 6 heteroatoms. The maximum absolute atomic E-state index is 13.1. The molecule has 1 rings (SSSR count). The molecule has 0 aliphatic carbocycles. The van der Waals surface area contributed by atoms with E-state index in [2.05, 4.69) is 0 Å². The monoisotopic (exact) mass is 233 g/mol. The first kappa shape index (κ1) is 12.1. The molecule has 2 N–H and O–H groups in total. The van der Waals surface area contributed by atoms with Gasteiger partial charge in [-0.3, -0.25) is 0 Å². The molecular formula is C9H12FNO3S.